The molecule has 0 saturated carbocycles. The third kappa shape index (κ3) is 5.57. The monoisotopic (exact) mass is 550 g/mol. The summed E-state index contributed by atoms with van der Waals surface area (Å²) in [6, 6.07) is -0.0344. The van der Waals surface area contributed by atoms with Crippen LogP contribution >= 0.6 is 0 Å². The second-order valence-corrected chi connectivity index (χ2v) is 9.20. The van der Waals surface area contributed by atoms with Crippen LogP contribution < -0.4 is 10.1 Å². The minimum Gasteiger partial charge on any atom is -0.480 e. The molecule has 209 valence electrons. The number of carboxylic acids is 3. The van der Waals surface area contributed by atoms with E-state index in [4.69, 9.17) is 9.47 Å². The van der Waals surface area contributed by atoms with Crippen LogP contribution in [0.4, 0.5) is 5.69 Å². The summed E-state index contributed by atoms with van der Waals surface area (Å²) < 4.78 is 12.0. The molecule has 0 unspecified atom stereocenters. The molecule has 15 heteroatoms. The molecule has 3 heterocycles. The summed E-state index contributed by atoms with van der Waals surface area (Å²) in [5, 5.41) is 83.0. The van der Waals surface area contributed by atoms with Gasteiger partial charge in [0.25, 0.3) is 6.04 Å². The first-order valence-corrected chi connectivity index (χ1v) is 11.7. The van der Waals surface area contributed by atoms with Gasteiger partial charge in [0.05, 0.1) is 19.1 Å². The quantitative estimate of drug-likeness (QED) is 0.173. The molecule has 8 N–H and O–H groups in total. The molecule has 0 spiro atoms. The lowest BCUT2D eigenvalue weighted by molar-refractivity contribution is -0.456. The molecule has 0 aromatic heterocycles. The van der Waals surface area contributed by atoms with Crippen LogP contribution in [0.1, 0.15) is 12.0 Å². The molecule has 0 aliphatic carbocycles. The number of benzene rings is 1. The number of fused-ring (bicyclic) bond motifs is 1. The minimum absolute atomic E-state index is 0.0782. The van der Waals surface area contributed by atoms with Gasteiger partial charge in [-0.25, -0.2) is 14.4 Å². The number of aliphatic carboxylic acids is 3. The molecule has 1 aromatic rings. The molecule has 7 atom stereocenters. The molecular weight excluding hydrogens is 524 g/mol. The summed E-state index contributed by atoms with van der Waals surface area (Å²) in [6.07, 6.45) is -4.25. The highest BCUT2D eigenvalue weighted by Crippen LogP contribution is 2.41. The predicted octanol–water partition coefficient (Wildman–Crippen LogP) is -1.93. The van der Waals surface area contributed by atoms with Crippen molar-refractivity contribution in [3.8, 4) is 11.5 Å². The van der Waals surface area contributed by atoms with E-state index in [9.17, 15) is 55.2 Å². The molecule has 15 nitrogen and oxygen atoms in total. The normalized spacial score (nSPS) is 32.3. The Balaban J connectivity index is 1.66. The maximum Gasteiger partial charge on any atom is 0.373 e. The number of carbonyl (C=O) groups is 3. The molecule has 3 aliphatic rings. The van der Waals surface area contributed by atoms with Gasteiger partial charge in [-0.05, 0) is 17.7 Å². The van der Waals surface area contributed by atoms with Crippen molar-refractivity contribution >= 4 is 29.8 Å². The predicted molar refractivity (Wildman–Crippen MR) is 125 cm³/mol. The second kappa shape index (κ2) is 11.0. The zero-order valence-electron chi connectivity index (χ0n) is 20.1. The molecule has 4 rings (SSSR count). The molecule has 0 amide bonds. The fourth-order valence-corrected chi connectivity index (χ4v) is 4.57. The average molecular weight is 550 g/mol. The Labute approximate surface area is 219 Å². The van der Waals surface area contributed by atoms with Crippen molar-refractivity contribution in [2.75, 3.05) is 6.61 Å². The summed E-state index contributed by atoms with van der Waals surface area (Å²) in [5.41, 5.74) is 0.520. The summed E-state index contributed by atoms with van der Waals surface area (Å²) >= 11 is 0. The first kappa shape index (κ1) is 28.0. The Morgan fingerprint density at radius 2 is 1.77 bits per heavy atom. The molecule has 1 radical (unpaired) electrons. The van der Waals surface area contributed by atoms with Gasteiger partial charge in [-0.3, -0.25) is 5.11 Å². The highest BCUT2D eigenvalue weighted by atomic mass is 16.7. The highest BCUT2D eigenvalue weighted by molar-refractivity contribution is 5.89. The van der Waals surface area contributed by atoms with Gasteiger partial charge in [-0.1, -0.05) is 0 Å². The van der Waals surface area contributed by atoms with Crippen molar-refractivity contribution in [2.24, 2.45) is 0 Å². The van der Waals surface area contributed by atoms with E-state index in [2.05, 4.69) is 5.32 Å². The molecule has 1 saturated heterocycles. The topological polar surface area (TPSA) is 246 Å². The van der Waals surface area contributed by atoms with E-state index in [1.54, 1.807) is 0 Å². The lowest BCUT2D eigenvalue weighted by Crippen LogP contribution is -2.60. The molecular formula is C24H26N2O13+. The van der Waals surface area contributed by atoms with Gasteiger partial charge in [-0.15, -0.1) is 0 Å². The molecule has 39 heavy (non-hydrogen) atoms. The summed E-state index contributed by atoms with van der Waals surface area (Å²) in [5.74, 6) is -4.95. The zero-order valence-corrected chi connectivity index (χ0v) is 20.1. The number of aliphatic hydroxyl groups excluding tert-OH is 4. The van der Waals surface area contributed by atoms with E-state index in [0.29, 0.717) is 11.1 Å². The van der Waals surface area contributed by atoms with Crippen LogP contribution in [0.3, 0.4) is 0 Å². The van der Waals surface area contributed by atoms with E-state index in [1.165, 1.54) is 29.0 Å². The average Bonchev–Trinajstić information content (AvgIpc) is 3.24. The van der Waals surface area contributed by atoms with E-state index < -0.39 is 73.1 Å². The number of rotatable bonds is 7. The minimum atomic E-state index is -1.76. The Hall–Kier alpha value is -4.02. The van der Waals surface area contributed by atoms with Gasteiger partial charge in [0.2, 0.25) is 17.7 Å². The maximum absolute atomic E-state index is 12.8. The Morgan fingerprint density at radius 1 is 1.05 bits per heavy atom. The number of nitrogens with zero attached hydrogens (tertiary/aromatic N) is 1. The van der Waals surface area contributed by atoms with Crippen LogP contribution in [0.15, 0.2) is 35.6 Å². The van der Waals surface area contributed by atoms with E-state index in [0.717, 1.165) is 6.07 Å². The Morgan fingerprint density at radius 3 is 2.38 bits per heavy atom. The summed E-state index contributed by atoms with van der Waals surface area (Å²) in [7, 11) is 0. The van der Waals surface area contributed by atoms with Gasteiger partial charge in [-0.2, -0.15) is 4.58 Å². The van der Waals surface area contributed by atoms with Crippen molar-refractivity contribution in [1.29, 1.82) is 0 Å². The van der Waals surface area contributed by atoms with Gasteiger partial charge < -0.3 is 50.5 Å². The molecule has 1 fully saturated rings. The Kier molecular flexibility index (Phi) is 7.89. The van der Waals surface area contributed by atoms with E-state index in [1.807, 2.05) is 0 Å². The first-order chi connectivity index (χ1) is 18.4. The summed E-state index contributed by atoms with van der Waals surface area (Å²) in [4.78, 5) is 34.8. The third-order valence-electron chi connectivity index (χ3n) is 6.63. The van der Waals surface area contributed by atoms with Crippen LogP contribution in [0.25, 0.3) is 0 Å². The summed E-state index contributed by atoms with van der Waals surface area (Å²) in [6.45, 7) is -0.702. The van der Waals surface area contributed by atoms with Crippen LogP contribution in [-0.4, -0.2) is 114 Å². The number of aliphatic hydroxyl groups is 4. The Bertz CT molecular complexity index is 1270. The van der Waals surface area contributed by atoms with Gasteiger partial charge in [0.1, 0.15) is 36.2 Å². The van der Waals surface area contributed by atoms with E-state index >= 15 is 0 Å². The van der Waals surface area contributed by atoms with Crippen molar-refractivity contribution in [1.82, 2.24) is 5.32 Å². The van der Waals surface area contributed by atoms with Crippen LogP contribution in [0, 0.1) is 0 Å². The fourth-order valence-electron chi connectivity index (χ4n) is 4.57. The number of carboxylic acid groups (broad SMARTS) is 3. The highest BCUT2D eigenvalue weighted by Gasteiger charge is 2.46. The maximum atomic E-state index is 12.8. The standard InChI is InChI=1S/C24H25N2O13/c27-8-17-18(29)19(30)20(31)24(39-17)38-16-6-10-5-14(23(36)37)26(13(10)7-15(16)28)2-1-9-3-11(21(32)33)25-12(4-9)22(34)35/h1-3,6-7,12,14,17-20,24,27,29-31H,4-5,8H2,(H3,32,33,34,35,36,37)/p+1/t12-,14-,17+,18+,19-,20+,24+/m0/s1. The third-order valence-corrected chi connectivity index (χ3v) is 6.63. The van der Waals surface area contributed by atoms with Crippen LogP contribution in [0.2, 0.25) is 0 Å². The van der Waals surface area contributed by atoms with Crippen molar-refractivity contribution in [3.63, 3.8) is 0 Å². The smallest absolute Gasteiger partial charge is 0.373 e. The molecule has 3 aliphatic heterocycles. The number of nitrogens with one attached hydrogen (secondary N) is 1. The SMILES string of the molecule is [O]c1cc2c(cc1O[C@@H]1O[C@H](CO)[C@@H](O)[C@H](O)[C@H]1O)C[C@@H](C(=O)O)[N+]2=CC=C1C=C(C(=O)O)N[C@H](C(=O)O)C1. The number of ether oxygens (including phenoxy) is 2. The number of hydrogen-bond donors (Lipinski definition) is 8. The first-order valence-electron chi connectivity index (χ1n) is 11.7. The molecule has 1 aromatic carbocycles. The largest absolute Gasteiger partial charge is 0.480 e. The van der Waals surface area contributed by atoms with E-state index in [-0.39, 0.29) is 30.0 Å². The van der Waals surface area contributed by atoms with Gasteiger partial charge >= 0.3 is 17.9 Å². The van der Waals surface area contributed by atoms with Crippen LogP contribution in [-0.2, 0) is 30.6 Å². The lowest BCUT2D eigenvalue weighted by atomic mass is 9.99. The van der Waals surface area contributed by atoms with Crippen LogP contribution in [0.5, 0.6) is 11.5 Å². The zero-order chi connectivity index (χ0) is 28.6. The number of allylic oxidation sites excluding steroid dienone is 2. The number of hydrogen-bond acceptors (Lipinski definition) is 10. The van der Waals surface area contributed by atoms with Crippen molar-refractivity contribution in [3.05, 3.63) is 41.1 Å². The van der Waals surface area contributed by atoms with Crippen molar-refractivity contribution < 1.29 is 69.3 Å². The second-order valence-electron chi connectivity index (χ2n) is 9.20. The fraction of sp³-hybridized carbons (Fsp3) is 0.417. The molecule has 0 bridgehead atoms. The lowest BCUT2D eigenvalue weighted by Gasteiger charge is -2.39. The van der Waals surface area contributed by atoms with Gasteiger partial charge in [0, 0.05) is 18.1 Å². The van der Waals surface area contributed by atoms with Crippen molar-refractivity contribution in [2.45, 2.75) is 55.6 Å². The van der Waals surface area contributed by atoms with Gasteiger partial charge in [0.15, 0.2) is 12.0 Å².